The van der Waals surface area contributed by atoms with Crippen molar-refractivity contribution in [3.8, 4) is 0 Å². The molecule has 0 saturated heterocycles. The molecule has 76 valence electrons. The van der Waals surface area contributed by atoms with Crippen molar-refractivity contribution in [1.82, 2.24) is 4.57 Å². The molecule has 0 aromatic carbocycles. The molecule has 14 heavy (non-hydrogen) atoms. The lowest BCUT2D eigenvalue weighted by Crippen LogP contribution is -2.32. The number of aryl methyl sites for hydroxylation is 2. The summed E-state index contributed by atoms with van der Waals surface area (Å²) in [6.45, 7) is 6.78. The fourth-order valence-corrected chi connectivity index (χ4v) is 2.67. The highest BCUT2D eigenvalue weighted by Crippen LogP contribution is 2.33. The lowest BCUT2D eigenvalue weighted by atomic mass is 9.87. The Morgan fingerprint density at radius 2 is 1.79 bits per heavy atom. The summed E-state index contributed by atoms with van der Waals surface area (Å²) in [4.78, 5) is 0. The highest BCUT2D eigenvalue weighted by atomic mass is 15.1. The van der Waals surface area contributed by atoms with Crippen molar-refractivity contribution in [3.05, 3.63) is 35.7 Å². The first kappa shape index (κ1) is 9.57. The second kappa shape index (κ2) is 3.30. The van der Waals surface area contributed by atoms with Crippen molar-refractivity contribution < 1.29 is 0 Å². The number of hydrogen-bond acceptors (Lipinski definition) is 0. The minimum Gasteiger partial charge on any atom is -0.343 e. The van der Waals surface area contributed by atoms with Crippen LogP contribution in [0, 0.1) is 13.8 Å². The van der Waals surface area contributed by atoms with Crippen LogP contribution in [0.4, 0.5) is 0 Å². The molecule has 0 saturated carbocycles. The Balaban J connectivity index is 2.42. The molecule has 1 aliphatic rings. The SMILES string of the molecule is Cc1ccc(C)n1C1(C)CC=CCC1. The van der Waals surface area contributed by atoms with Gasteiger partial charge in [-0.1, -0.05) is 12.2 Å². The standard InChI is InChI=1S/C13H19N/c1-11-7-8-12(2)14(11)13(3)9-5-4-6-10-13/h4-5,7-8H,6,9-10H2,1-3H3. The summed E-state index contributed by atoms with van der Waals surface area (Å²) in [5.74, 6) is 0. The Bertz CT molecular complexity index is 340. The van der Waals surface area contributed by atoms with Crippen LogP contribution in [0.2, 0.25) is 0 Å². The van der Waals surface area contributed by atoms with E-state index in [1.165, 1.54) is 30.7 Å². The monoisotopic (exact) mass is 189 g/mol. The van der Waals surface area contributed by atoms with Gasteiger partial charge in [-0.2, -0.15) is 0 Å². The first-order chi connectivity index (χ1) is 6.63. The molecule has 0 amide bonds. The van der Waals surface area contributed by atoms with Crippen LogP contribution < -0.4 is 0 Å². The molecule has 0 fully saturated rings. The van der Waals surface area contributed by atoms with Crippen LogP contribution in [0.3, 0.4) is 0 Å². The fraction of sp³-hybridized carbons (Fsp3) is 0.538. The second-order valence-corrected chi connectivity index (χ2v) is 4.66. The normalized spacial score (nSPS) is 26.8. The molecule has 0 aliphatic heterocycles. The molecule has 1 aromatic heterocycles. The van der Waals surface area contributed by atoms with Crippen LogP contribution in [-0.4, -0.2) is 4.57 Å². The number of rotatable bonds is 1. The van der Waals surface area contributed by atoms with Crippen molar-refractivity contribution in [2.24, 2.45) is 0 Å². The Labute approximate surface area is 86.4 Å². The molecule has 1 unspecified atom stereocenters. The maximum absolute atomic E-state index is 2.50. The summed E-state index contributed by atoms with van der Waals surface area (Å²) in [6.07, 6.45) is 8.27. The molecular weight excluding hydrogens is 170 g/mol. The molecule has 0 bridgehead atoms. The van der Waals surface area contributed by atoms with E-state index in [2.05, 4.69) is 49.6 Å². The van der Waals surface area contributed by atoms with Crippen LogP contribution in [0.1, 0.15) is 37.6 Å². The van der Waals surface area contributed by atoms with Crippen LogP contribution in [0.5, 0.6) is 0 Å². The zero-order chi connectivity index (χ0) is 10.2. The van der Waals surface area contributed by atoms with Gasteiger partial charge in [-0.3, -0.25) is 0 Å². The predicted octanol–water partition coefficient (Wildman–Crippen LogP) is 3.56. The quantitative estimate of drug-likeness (QED) is 0.595. The van der Waals surface area contributed by atoms with Crippen LogP contribution in [0.25, 0.3) is 0 Å². The summed E-state index contributed by atoms with van der Waals surface area (Å²) >= 11 is 0. The van der Waals surface area contributed by atoms with E-state index in [-0.39, 0.29) is 0 Å². The average Bonchev–Trinajstić information content (AvgIpc) is 2.48. The van der Waals surface area contributed by atoms with Gasteiger partial charge in [0.15, 0.2) is 0 Å². The molecule has 1 nitrogen and oxygen atoms in total. The molecule has 1 heteroatoms. The van der Waals surface area contributed by atoms with E-state index in [1.807, 2.05) is 0 Å². The third kappa shape index (κ3) is 1.41. The lowest BCUT2D eigenvalue weighted by molar-refractivity contribution is 0.280. The van der Waals surface area contributed by atoms with E-state index < -0.39 is 0 Å². The molecular formula is C13H19N. The zero-order valence-electron chi connectivity index (χ0n) is 9.38. The molecule has 1 aromatic rings. The van der Waals surface area contributed by atoms with E-state index in [4.69, 9.17) is 0 Å². The highest BCUT2D eigenvalue weighted by Gasteiger charge is 2.27. The molecule has 1 atom stereocenters. The van der Waals surface area contributed by atoms with E-state index in [0.717, 1.165) is 0 Å². The maximum atomic E-state index is 2.50. The smallest absolute Gasteiger partial charge is 0.0454 e. The van der Waals surface area contributed by atoms with E-state index in [0.29, 0.717) is 5.54 Å². The Morgan fingerprint density at radius 3 is 2.29 bits per heavy atom. The van der Waals surface area contributed by atoms with Crippen molar-refractivity contribution >= 4 is 0 Å². The number of nitrogens with zero attached hydrogens (tertiary/aromatic N) is 1. The maximum Gasteiger partial charge on any atom is 0.0454 e. The van der Waals surface area contributed by atoms with Crippen molar-refractivity contribution in [3.63, 3.8) is 0 Å². The van der Waals surface area contributed by atoms with Gasteiger partial charge in [0.05, 0.1) is 0 Å². The summed E-state index contributed by atoms with van der Waals surface area (Å²) in [5.41, 5.74) is 3.09. The number of hydrogen-bond donors (Lipinski definition) is 0. The van der Waals surface area contributed by atoms with Gasteiger partial charge in [-0.25, -0.2) is 0 Å². The van der Waals surface area contributed by atoms with Crippen molar-refractivity contribution in [2.75, 3.05) is 0 Å². The van der Waals surface area contributed by atoms with Crippen LogP contribution >= 0.6 is 0 Å². The molecule has 1 aliphatic carbocycles. The summed E-state index contributed by atoms with van der Waals surface area (Å²) in [5, 5.41) is 0. The van der Waals surface area contributed by atoms with E-state index in [9.17, 15) is 0 Å². The van der Waals surface area contributed by atoms with Crippen LogP contribution in [-0.2, 0) is 5.54 Å². The Morgan fingerprint density at radius 1 is 1.14 bits per heavy atom. The second-order valence-electron chi connectivity index (χ2n) is 4.66. The average molecular weight is 189 g/mol. The molecule has 0 radical (unpaired) electrons. The van der Waals surface area contributed by atoms with Crippen LogP contribution in [0.15, 0.2) is 24.3 Å². The first-order valence-corrected chi connectivity index (χ1v) is 5.44. The minimum atomic E-state index is 0.312. The third-order valence-corrected chi connectivity index (χ3v) is 3.38. The predicted molar refractivity (Wildman–Crippen MR) is 60.5 cm³/mol. The minimum absolute atomic E-state index is 0.312. The van der Waals surface area contributed by atoms with Gasteiger partial charge in [0.1, 0.15) is 0 Å². The highest BCUT2D eigenvalue weighted by molar-refractivity contribution is 5.18. The van der Waals surface area contributed by atoms with Gasteiger partial charge in [0, 0.05) is 16.9 Å². The molecule has 1 heterocycles. The van der Waals surface area contributed by atoms with Crippen molar-refractivity contribution in [2.45, 2.75) is 45.6 Å². The third-order valence-electron chi connectivity index (χ3n) is 3.38. The Hall–Kier alpha value is -0.980. The van der Waals surface area contributed by atoms with Gasteiger partial charge >= 0.3 is 0 Å². The van der Waals surface area contributed by atoms with Gasteiger partial charge in [0.2, 0.25) is 0 Å². The van der Waals surface area contributed by atoms with E-state index in [1.54, 1.807) is 0 Å². The number of allylic oxidation sites excluding steroid dienone is 2. The Kier molecular flexibility index (Phi) is 2.26. The topological polar surface area (TPSA) is 4.93 Å². The summed E-state index contributed by atoms with van der Waals surface area (Å²) in [7, 11) is 0. The van der Waals surface area contributed by atoms with Crippen molar-refractivity contribution in [1.29, 1.82) is 0 Å². The summed E-state index contributed by atoms with van der Waals surface area (Å²) < 4.78 is 2.50. The lowest BCUT2D eigenvalue weighted by Gasteiger charge is -2.35. The summed E-state index contributed by atoms with van der Waals surface area (Å²) in [6, 6.07) is 4.44. The van der Waals surface area contributed by atoms with Gasteiger partial charge in [0.25, 0.3) is 0 Å². The first-order valence-electron chi connectivity index (χ1n) is 5.44. The zero-order valence-corrected chi connectivity index (χ0v) is 9.38. The van der Waals surface area contributed by atoms with Gasteiger partial charge in [-0.15, -0.1) is 0 Å². The van der Waals surface area contributed by atoms with Gasteiger partial charge < -0.3 is 4.57 Å². The number of aromatic nitrogens is 1. The molecule has 0 spiro atoms. The fourth-order valence-electron chi connectivity index (χ4n) is 2.67. The van der Waals surface area contributed by atoms with E-state index >= 15 is 0 Å². The molecule has 0 N–H and O–H groups in total. The molecule has 2 rings (SSSR count). The van der Waals surface area contributed by atoms with Gasteiger partial charge in [-0.05, 0) is 52.2 Å². The largest absolute Gasteiger partial charge is 0.343 e.